The van der Waals surface area contributed by atoms with Crippen LogP contribution in [0.25, 0.3) is 16.5 Å². The maximum atomic E-state index is 13.1. The fraction of sp³-hybridized carbons (Fsp3) is 0.292. The number of aryl methyl sites for hydroxylation is 1. The van der Waals surface area contributed by atoms with Gasteiger partial charge in [-0.1, -0.05) is 18.2 Å². The summed E-state index contributed by atoms with van der Waals surface area (Å²) in [6.45, 7) is 7.34. The second-order valence-corrected chi connectivity index (χ2v) is 7.42. The molecule has 3 rings (SSSR count). The first-order valence-corrected chi connectivity index (χ1v) is 10.2. The number of esters is 1. The minimum atomic E-state index is -4.41. The zero-order chi connectivity index (χ0) is 23.5. The largest absolute Gasteiger partial charge is 0.463 e. The van der Waals surface area contributed by atoms with E-state index in [1.165, 1.54) is 12.1 Å². The molecule has 3 aromatic rings. The zero-order valence-corrected chi connectivity index (χ0v) is 18.2. The predicted octanol–water partition coefficient (Wildman–Crippen LogP) is 6.10. The molecule has 8 heteroatoms. The number of fused-ring (bicyclic) bond motifs is 1. The van der Waals surface area contributed by atoms with Gasteiger partial charge >= 0.3 is 12.1 Å². The fourth-order valence-corrected chi connectivity index (χ4v) is 3.32. The Morgan fingerprint density at radius 1 is 1.19 bits per heavy atom. The van der Waals surface area contributed by atoms with Gasteiger partial charge in [-0.2, -0.15) is 13.2 Å². The van der Waals surface area contributed by atoms with Crippen LogP contribution in [0.2, 0.25) is 0 Å². The fourth-order valence-electron chi connectivity index (χ4n) is 3.32. The van der Waals surface area contributed by atoms with Gasteiger partial charge in [0, 0.05) is 17.5 Å². The second-order valence-electron chi connectivity index (χ2n) is 7.42. The Kier molecular flexibility index (Phi) is 6.81. The summed E-state index contributed by atoms with van der Waals surface area (Å²) in [5, 5.41) is 3.92. The van der Waals surface area contributed by atoms with E-state index in [0.717, 1.165) is 17.7 Å². The van der Waals surface area contributed by atoms with Crippen LogP contribution >= 0.6 is 0 Å². The van der Waals surface area contributed by atoms with Gasteiger partial charge in [-0.25, -0.2) is 14.8 Å². The molecule has 1 heterocycles. The summed E-state index contributed by atoms with van der Waals surface area (Å²) >= 11 is 0. The number of allylic oxidation sites excluding steroid dienone is 1. The number of ether oxygens (including phenoxy) is 1. The van der Waals surface area contributed by atoms with Crippen molar-refractivity contribution >= 4 is 28.3 Å². The van der Waals surface area contributed by atoms with E-state index >= 15 is 0 Å². The van der Waals surface area contributed by atoms with Crippen LogP contribution in [0.15, 0.2) is 48.5 Å². The Hall–Kier alpha value is -3.42. The van der Waals surface area contributed by atoms with E-state index in [-0.39, 0.29) is 6.61 Å². The smallest absolute Gasteiger partial charge is 0.416 e. The highest BCUT2D eigenvalue weighted by Crippen LogP contribution is 2.32. The Labute approximate surface area is 184 Å². The molecule has 32 heavy (non-hydrogen) atoms. The van der Waals surface area contributed by atoms with Crippen molar-refractivity contribution in [1.29, 1.82) is 0 Å². The molecule has 1 aromatic heterocycles. The van der Waals surface area contributed by atoms with Crippen LogP contribution in [0.4, 0.5) is 19.0 Å². The molecular formula is C24H24F3N3O2. The summed E-state index contributed by atoms with van der Waals surface area (Å²) in [5.41, 5.74) is 1.97. The number of benzene rings is 2. The Morgan fingerprint density at radius 3 is 2.62 bits per heavy atom. The molecule has 2 aromatic carbocycles. The number of carbonyl (C=O) groups excluding carboxylic acids is 1. The lowest BCUT2D eigenvalue weighted by Crippen LogP contribution is -2.12. The average molecular weight is 443 g/mol. The van der Waals surface area contributed by atoms with Crippen LogP contribution in [-0.2, 0) is 15.7 Å². The lowest BCUT2D eigenvalue weighted by atomic mass is 10.0. The van der Waals surface area contributed by atoms with Gasteiger partial charge in [0.15, 0.2) is 0 Å². The lowest BCUT2D eigenvalue weighted by molar-refractivity contribution is -0.138. The molecule has 168 valence electrons. The third-order valence-electron chi connectivity index (χ3n) is 4.95. The maximum absolute atomic E-state index is 13.1. The van der Waals surface area contributed by atoms with Gasteiger partial charge in [0.1, 0.15) is 11.6 Å². The average Bonchev–Trinajstić information content (AvgIpc) is 2.73. The normalized spacial score (nSPS) is 13.2. The van der Waals surface area contributed by atoms with E-state index in [2.05, 4.69) is 15.3 Å². The van der Waals surface area contributed by atoms with Gasteiger partial charge in [0.25, 0.3) is 0 Å². The van der Waals surface area contributed by atoms with Crippen molar-refractivity contribution in [3.05, 3.63) is 71.1 Å². The molecule has 0 aliphatic carbocycles. The number of nitrogens with one attached hydrogen (secondary N) is 1. The molecule has 0 aliphatic heterocycles. The molecule has 0 aliphatic rings. The zero-order valence-electron chi connectivity index (χ0n) is 18.2. The Morgan fingerprint density at radius 2 is 1.94 bits per heavy atom. The minimum absolute atomic E-state index is 0.287. The van der Waals surface area contributed by atoms with Crippen LogP contribution in [0, 0.1) is 6.92 Å². The quantitative estimate of drug-likeness (QED) is 0.369. The first-order chi connectivity index (χ1) is 15.1. The maximum Gasteiger partial charge on any atom is 0.416 e. The third-order valence-corrected chi connectivity index (χ3v) is 4.95. The van der Waals surface area contributed by atoms with E-state index in [9.17, 15) is 18.0 Å². The summed E-state index contributed by atoms with van der Waals surface area (Å²) in [4.78, 5) is 20.7. The number of anilines is 1. The molecule has 0 spiro atoms. The number of hydrogen-bond acceptors (Lipinski definition) is 5. The number of alkyl halides is 3. The number of aromatic nitrogens is 2. The van der Waals surface area contributed by atoms with E-state index in [0.29, 0.717) is 33.7 Å². The molecule has 0 saturated heterocycles. The van der Waals surface area contributed by atoms with E-state index in [1.54, 1.807) is 33.8 Å². The number of carbonyl (C=O) groups is 1. The van der Waals surface area contributed by atoms with Gasteiger partial charge in [0.2, 0.25) is 0 Å². The van der Waals surface area contributed by atoms with E-state index in [1.807, 2.05) is 18.2 Å². The standard InChI is InChI=1S/C24H24F3N3O2/c1-5-32-22(31)11-14(2)17-9-10-21-20(13-17)23(30-16(4)29-21)28-15(3)18-7-6-8-19(12-18)24(25,26)27/h6-13,15H,5H2,1-4H3,(H,28,29,30)/b14-11+/t15-/m1/s1. The van der Waals surface area contributed by atoms with Crippen LogP contribution in [0.3, 0.4) is 0 Å². The summed E-state index contributed by atoms with van der Waals surface area (Å²) in [7, 11) is 0. The third kappa shape index (κ3) is 5.43. The minimum Gasteiger partial charge on any atom is -0.463 e. The van der Waals surface area contributed by atoms with Crippen LogP contribution in [-0.4, -0.2) is 22.5 Å². The van der Waals surface area contributed by atoms with Gasteiger partial charge in [-0.3, -0.25) is 0 Å². The second kappa shape index (κ2) is 9.38. The highest BCUT2D eigenvalue weighted by molar-refractivity contribution is 5.95. The van der Waals surface area contributed by atoms with E-state index < -0.39 is 23.8 Å². The molecule has 0 unspecified atom stereocenters. The topological polar surface area (TPSA) is 64.1 Å². The molecule has 5 nitrogen and oxygen atoms in total. The van der Waals surface area contributed by atoms with Gasteiger partial charge in [-0.05, 0) is 68.7 Å². The summed E-state index contributed by atoms with van der Waals surface area (Å²) in [6, 6.07) is 10.3. The van der Waals surface area contributed by atoms with Gasteiger partial charge < -0.3 is 10.1 Å². The Balaban J connectivity index is 1.98. The van der Waals surface area contributed by atoms with Crippen molar-refractivity contribution in [2.75, 3.05) is 11.9 Å². The number of halogens is 3. The highest BCUT2D eigenvalue weighted by atomic mass is 19.4. The molecule has 0 amide bonds. The predicted molar refractivity (Wildman–Crippen MR) is 118 cm³/mol. The molecule has 0 saturated carbocycles. The summed E-state index contributed by atoms with van der Waals surface area (Å²) < 4.78 is 44.3. The van der Waals surface area contributed by atoms with Crippen molar-refractivity contribution in [2.45, 2.75) is 39.9 Å². The lowest BCUT2D eigenvalue weighted by Gasteiger charge is -2.18. The van der Waals surface area contributed by atoms with Crippen molar-refractivity contribution in [2.24, 2.45) is 0 Å². The van der Waals surface area contributed by atoms with Crippen LogP contribution in [0.5, 0.6) is 0 Å². The van der Waals surface area contributed by atoms with Crippen LogP contribution < -0.4 is 5.32 Å². The first-order valence-electron chi connectivity index (χ1n) is 10.2. The van der Waals surface area contributed by atoms with Crippen molar-refractivity contribution in [1.82, 2.24) is 9.97 Å². The van der Waals surface area contributed by atoms with Crippen LogP contribution in [0.1, 0.15) is 49.3 Å². The number of hydrogen-bond donors (Lipinski definition) is 1. The van der Waals surface area contributed by atoms with Crippen molar-refractivity contribution in [3.8, 4) is 0 Å². The molecule has 0 bridgehead atoms. The van der Waals surface area contributed by atoms with Gasteiger partial charge in [0.05, 0.1) is 17.7 Å². The Bertz CT molecular complexity index is 1170. The first kappa shape index (κ1) is 23.2. The summed E-state index contributed by atoms with van der Waals surface area (Å²) in [6.07, 6.45) is -3.00. The SMILES string of the molecule is CCOC(=O)/C=C(\C)c1ccc2nc(C)nc(N[C@H](C)c3cccc(C(F)(F)F)c3)c2c1. The monoisotopic (exact) mass is 443 g/mol. The summed E-state index contributed by atoms with van der Waals surface area (Å²) in [5.74, 6) is 0.604. The molecule has 0 radical (unpaired) electrons. The van der Waals surface area contributed by atoms with Crippen molar-refractivity contribution < 1.29 is 22.7 Å². The molecular weight excluding hydrogens is 419 g/mol. The van der Waals surface area contributed by atoms with E-state index in [4.69, 9.17) is 4.74 Å². The highest BCUT2D eigenvalue weighted by Gasteiger charge is 2.30. The van der Waals surface area contributed by atoms with Gasteiger partial charge in [-0.15, -0.1) is 0 Å². The molecule has 0 fully saturated rings. The van der Waals surface area contributed by atoms with Crippen molar-refractivity contribution in [3.63, 3.8) is 0 Å². The molecule has 1 atom stereocenters. The molecule has 1 N–H and O–H groups in total. The number of nitrogens with zero attached hydrogens (tertiary/aromatic N) is 2. The number of rotatable bonds is 6.